The van der Waals surface area contributed by atoms with E-state index in [1.54, 1.807) is 0 Å². The summed E-state index contributed by atoms with van der Waals surface area (Å²) in [5.74, 6) is -25.3. The van der Waals surface area contributed by atoms with Crippen LogP contribution in [-0.2, 0) is 61.9 Å². The van der Waals surface area contributed by atoms with Crippen molar-refractivity contribution in [1.82, 2.24) is 0 Å². The van der Waals surface area contributed by atoms with Gasteiger partial charge in [-0.05, 0) is 182 Å². The normalized spacial score (nSPS) is 36.4. The first-order valence-corrected chi connectivity index (χ1v) is 27.4. The molecule has 3 unspecified atom stereocenters. The molecule has 3 atom stereocenters. The summed E-state index contributed by atoms with van der Waals surface area (Å²) in [6.45, 7) is 2.12. The summed E-state index contributed by atoms with van der Waals surface area (Å²) in [5, 5.41) is 10.8. The van der Waals surface area contributed by atoms with Crippen molar-refractivity contribution in [3.8, 4) is 0 Å². The van der Waals surface area contributed by atoms with Gasteiger partial charge in [-0.15, -0.1) is 0 Å². The van der Waals surface area contributed by atoms with Crippen LogP contribution in [0.3, 0.4) is 0 Å². The van der Waals surface area contributed by atoms with Crippen LogP contribution < -0.4 is 0 Å². The lowest BCUT2D eigenvalue weighted by Gasteiger charge is -2.60. The van der Waals surface area contributed by atoms with E-state index in [1.165, 1.54) is 12.8 Å². The van der Waals surface area contributed by atoms with Crippen LogP contribution in [0, 0.1) is 64.6 Å². The first kappa shape index (κ1) is 62.6. The van der Waals surface area contributed by atoms with Crippen molar-refractivity contribution >= 4 is 35.8 Å². The zero-order valence-electron chi connectivity index (χ0n) is 45.2. The highest BCUT2D eigenvalue weighted by Gasteiger charge is 2.71. The summed E-state index contributed by atoms with van der Waals surface area (Å²) >= 11 is 0. The Bertz CT molecular complexity index is 2200. The Labute approximate surface area is 450 Å². The third kappa shape index (κ3) is 13.1. The number of ether oxygens (including phenoxy) is 7. The van der Waals surface area contributed by atoms with Gasteiger partial charge in [0.25, 0.3) is 0 Å². The van der Waals surface area contributed by atoms with Gasteiger partial charge < -0.3 is 38.3 Å². The van der Waals surface area contributed by atoms with E-state index in [0.717, 1.165) is 88.4 Å². The first-order valence-electron chi connectivity index (χ1n) is 27.4. The Morgan fingerprint density at radius 3 is 1.34 bits per heavy atom. The summed E-state index contributed by atoms with van der Waals surface area (Å²) in [6, 6.07) is 0. The molecule has 0 aromatic rings. The van der Waals surface area contributed by atoms with Crippen LogP contribution in [0.5, 0.6) is 0 Å². The fourth-order valence-corrected chi connectivity index (χ4v) is 15.9. The van der Waals surface area contributed by atoms with Crippen molar-refractivity contribution in [3.63, 3.8) is 0 Å². The fourth-order valence-electron chi connectivity index (χ4n) is 15.9. The highest BCUT2D eigenvalue weighted by atomic mass is 19.4. The molecule has 12 aliphatic rings. The molecule has 0 amide bonds. The molecular weight excluding hydrogens is 1080 g/mol. The number of rotatable bonds is 18. The zero-order chi connectivity index (χ0) is 58.7. The minimum absolute atomic E-state index is 0.118. The average molecular weight is 1160 g/mol. The van der Waals surface area contributed by atoms with Gasteiger partial charge in [-0.2, -0.15) is 39.5 Å². The van der Waals surface area contributed by atoms with E-state index in [9.17, 15) is 82.2 Å². The minimum atomic E-state index is -5.78. The second kappa shape index (κ2) is 22.3. The number of carbonyl (C=O) groups excluding carboxylic acids is 6. The van der Waals surface area contributed by atoms with Crippen LogP contribution in [0.4, 0.5) is 48.3 Å². The minimum Gasteiger partial charge on any atom is -0.461 e. The molecule has 0 radical (unpaired) electrons. The lowest BCUT2D eigenvalue weighted by atomic mass is 9.48. The maximum absolute atomic E-state index is 14.1. The van der Waals surface area contributed by atoms with Crippen LogP contribution in [0.2, 0.25) is 0 Å². The van der Waals surface area contributed by atoms with Crippen molar-refractivity contribution in [2.45, 2.75) is 210 Å². The maximum Gasteiger partial charge on any atom is 0.468 e. The monoisotopic (exact) mass is 1150 g/mol. The van der Waals surface area contributed by atoms with Crippen LogP contribution in [0.1, 0.15) is 157 Å². The number of esters is 6. The summed E-state index contributed by atoms with van der Waals surface area (Å²) in [4.78, 5) is 71.6. The Morgan fingerprint density at radius 2 is 0.962 bits per heavy atom. The molecule has 1 N–H and O–H groups in total. The van der Waals surface area contributed by atoms with Gasteiger partial charge >= 0.3 is 71.5 Å². The molecular formula is C54H73F11O14. The van der Waals surface area contributed by atoms with Gasteiger partial charge in [0.15, 0.2) is 13.2 Å². The van der Waals surface area contributed by atoms with Gasteiger partial charge in [-0.3, -0.25) is 4.79 Å². The summed E-state index contributed by atoms with van der Waals surface area (Å²) in [5.41, 5.74) is -3.81. The number of aliphatic hydroxyl groups is 1. The van der Waals surface area contributed by atoms with E-state index < -0.39 is 127 Å². The molecule has 0 aromatic heterocycles. The fraction of sp³-hybridized carbons (Fsp3) is 0.889. The lowest BCUT2D eigenvalue weighted by molar-refractivity contribution is -0.362. The molecule has 450 valence electrons. The molecule has 25 heteroatoms. The summed E-state index contributed by atoms with van der Waals surface area (Å²) in [6.07, 6.45) is 5.82. The lowest BCUT2D eigenvalue weighted by Crippen LogP contribution is -2.63. The quantitative estimate of drug-likeness (QED) is 0.0591. The second-order valence-corrected chi connectivity index (χ2v) is 24.9. The van der Waals surface area contributed by atoms with E-state index in [4.69, 9.17) is 9.47 Å². The van der Waals surface area contributed by atoms with E-state index in [0.29, 0.717) is 56.8 Å². The Kier molecular flexibility index (Phi) is 17.6. The standard InChI is InChI=1S/C21H27F7O6.C17H24F2O4.C16H22F2O4/c1-3-32-15(30)20(21(26,27)28,33-5-4-19(24,25)16(2,22)23)34-14(29)17-7-12-6-13(8-17)10-18(31,9-12)11-17;1-3-17(23-14(20)9-22-15(21)16(2,18)19)12-5-10-4-11(7-12)8-13(17)6-10;1-15(22-13(19)8-21-14(20)16(2,17)18)11-4-9-3-10(6-11)7-12(15)5-9/h12-13,31H,3-11H2,1-2H3;10-13H,3-9H2,1-2H3;9-12H,3-8H2,1-2H3. The summed E-state index contributed by atoms with van der Waals surface area (Å²) in [7, 11) is 0. The van der Waals surface area contributed by atoms with E-state index >= 15 is 0 Å². The Hall–Kier alpha value is -4.03. The van der Waals surface area contributed by atoms with Crippen molar-refractivity contribution < 1.29 is 115 Å². The number of alkyl halides is 11. The van der Waals surface area contributed by atoms with Crippen LogP contribution in [-0.4, -0.2) is 120 Å². The molecule has 12 fully saturated rings. The number of halogens is 11. The highest BCUT2D eigenvalue weighted by molar-refractivity contribution is 5.86. The topological polar surface area (TPSA) is 187 Å². The first-order chi connectivity index (χ1) is 36.3. The van der Waals surface area contributed by atoms with Gasteiger partial charge in [0, 0.05) is 27.2 Å². The predicted octanol–water partition coefficient (Wildman–Crippen LogP) is 10.7. The van der Waals surface area contributed by atoms with Crippen molar-refractivity contribution in [1.29, 1.82) is 0 Å². The molecule has 79 heavy (non-hydrogen) atoms. The second-order valence-electron chi connectivity index (χ2n) is 24.9. The highest BCUT2D eigenvalue weighted by Crippen LogP contribution is 2.64. The van der Waals surface area contributed by atoms with Crippen molar-refractivity contribution in [3.05, 3.63) is 0 Å². The zero-order valence-corrected chi connectivity index (χ0v) is 45.2. The molecule has 12 bridgehead atoms. The Morgan fingerprint density at radius 1 is 0.544 bits per heavy atom. The number of hydrogen-bond acceptors (Lipinski definition) is 14. The van der Waals surface area contributed by atoms with Gasteiger partial charge in [0.1, 0.15) is 11.2 Å². The van der Waals surface area contributed by atoms with E-state index in [1.807, 2.05) is 13.8 Å². The third-order valence-corrected chi connectivity index (χ3v) is 18.8. The smallest absolute Gasteiger partial charge is 0.461 e. The molecule has 12 saturated carbocycles. The number of hydrogen-bond donors (Lipinski definition) is 1. The van der Waals surface area contributed by atoms with Gasteiger partial charge in [0.2, 0.25) is 0 Å². The molecule has 0 aromatic carbocycles. The van der Waals surface area contributed by atoms with Crippen LogP contribution in [0.25, 0.3) is 0 Å². The van der Waals surface area contributed by atoms with Crippen LogP contribution in [0.15, 0.2) is 0 Å². The van der Waals surface area contributed by atoms with Crippen molar-refractivity contribution in [2.75, 3.05) is 26.4 Å². The molecule has 12 aliphatic carbocycles. The van der Waals surface area contributed by atoms with Gasteiger partial charge in [0.05, 0.1) is 24.2 Å². The molecule has 0 heterocycles. The van der Waals surface area contributed by atoms with E-state index in [-0.39, 0.29) is 38.0 Å². The maximum atomic E-state index is 14.1. The SMILES string of the molecule is CC(F)(F)C(=O)OCC(=O)OC1(C)C2CC3CC(C2)CC1C3.CCC1(OC(=O)COC(=O)C(C)(F)F)C2CC3CC(C2)CC1C3.CCOC(=O)C(OCCC(F)(F)C(C)(F)F)(OC(=O)C12CC3CC(CC(O)(C3)C1)C2)C(F)(F)F. The molecule has 0 saturated heterocycles. The third-order valence-electron chi connectivity index (χ3n) is 18.8. The molecule has 14 nitrogen and oxygen atoms in total. The van der Waals surface area contributed by atoms with Crippen LogP contribution >= 0.6 is 0 Å². The average Bonchev–Trinajstić information content (AvgIpc) is 3.52. The predicted molar refractivity (Wildman–Crippen MR) is 251 cm³/mol. The summed E-state index contributed by atoms with van der Waals surface area (Å²) < 4.78 is 180. The van der Waals surface area contributed by atoms with Gasteiger partial charge in [-0.1, -0.05) is 6.92 Å². The van der Waals surface area contributed by atoms with E-state index in [2.05, 4.69) is 23.7 Å². The number of carbonyl (C=O) groups is 6. The largest absolute Gasteiger partial charge is 0.468 e. The Balaban J connectivity index is 0.000000177. The molecule has 0 aliphatic heterocycles. The van der Waals surface area contributed by atoms with Gasteiger partial charge in [-0.25, -0.2) is 32.8 Å². The molecule has 12 rings (SSSR count). The molecule has 0 spiro atoms. The van der Waals surface area contributed by atoms with Crippen molar-refractivity contribution in [2.24, 2.45) is 64.6 Å².